The molecular formula is C23H19F3N8O3. The van der Waals surface area contributed by atoms with E-state index in [0.717, 1.165) is 10.8 Å². The zero-order chi connectivity index (χ0) is 26.7. The lowest BCUT2D eigenvalue weighted by Crippen LogP contribution is -2.26. The summed E-state index contributed by atoms with van der Waals surface area (Å²) in [6, 6.07) is 2.65. The summed E-state index contributed by atoms with van der Waals surface area (Å²) in [7, 11) is 1.48. The van der Waals surface area contributed by atoms with Gasteiger partial charge in [0.15, 0.2) is 17.2 Å². The molecule has 14 heteroatoms. The van der Waals surface area contributed by atoms with Gasteiger partial charge in [0, 0.05) is 26.0 Å². The molecule has 3 aromatic rings. The summed E-state index contributed by atoms with van der Waals surface area (Å²) in [6.07, 6.45) is 4.85. The molecule has 4 N–H and O–H groups in total. The number of ether oxygens (including phenoxy) is 1. The fourth-order valence-corrected chi connectivity index (χ4v) is 3.55. The molecule has 0 spiro atoms. The number of nitriles is 1. The maximum absolute atomic E-state index is 13.4. The zero-order valence-electron chi connectivity index (χ0n) is 19.2. The Balaban J connectivity index is 1.79. The molecule has 0 saturated heterocycles. The van der Waals surface area contributed by atoms with Crippen LogP contribution >= 0.6 is 0 Å². The average Bonchev–Trinajstić information content (AvgIpc) is 3.19. The number of hydrogen-bond donors (Lipinski definition) is 4. The Morgan fingerprint density at radius 1 is 1.41 bits per heavy atom. The summed E-state index contributed by atoms with van der Waals surface area (Å²) in [5.41, 5.74) is -1.61. The van der Waals surface area contributed by atoms with E-state index in [-0.39, 0.29) is 40.7 Å². The molecule has 190 valence electrons. The van der Waals surface area contributed by atoms with Gasteiger partial charge in [-0.1, -0.05) is 6.08 Å². The van der Waals surface area contributed by atoms with Gasteiger partial charge in [-0.25, -0.2) is 4.98 Å². The molecule has 0 bridgehead atoms. The molecule has 0 saturated carbocycles. The number of aromatic nitrogens is 4. The lowest BCUT2D eigenvalue weighted by molar-refractivity contribution is -0.138. The molecule has 1 aliphatic rings. The van der Waals surface area contributed by atoms with Crippen LogP contribution in [0.2, 0.25) is 0 Å². The average molecular weight is 512 g/mol. The predicted octanol–water partition coefficient (Wildman–Crippen LogP) is 2.67. The van der Waals surface area contributed by atoms with Crippen molar-refractivity contribution < 1.29 is 23.0 Å². The Kier molecular flexibility index (Phi) is 6.81. The highest BCUT2D eigenvalue weighted by Crippen LogP contribution is 2.32. The van der Waals surface area contributed by atoms with Crippen LogP contribution in [0.5, 0.6) is 5.75 Å². The number of pyridine rings is 2. The number of rotatable bonds is 7. The quantitative estimate of drug-likeness (QED) is 0.278. The largest absolute Gasteiger partial charge is 0.450 e. The first kappa shape index (κ1) is 25.2. The van der Waals surface area contributed by atoms with Gasteiger partial charge >= 0.3 is 6.18 Å². The fourth-order valence-electron chi connectivity index (χ4n) is 3.55. The number of fused-ring (bicyclic) bond motifs is 1. The van der Waals surface area contributed by atoms with Gasteiger partial charge < -0.3 is 35.0 Å². The van der Waals surface area contributed by atoms with E-state index < -0.39 is 29.6 Å². The molecule has 1 aliphatic heterocycles. The number of aliphatic hydroxyl groups excluding tert-OH is 1. The number of halogens is 3. The second-order valence-electron chi connectivity index (χ2n) is 7.65. The van der Waals surface area contributed by atoms with E-state index in [0.29, 0.717) is 18.0 Å². The Hall–Kier alpha value is -4.90. The third-order valence-corrected chi connectivity index (χ3v) is 5.30. The first-order valence-electron chi connectivity index (χ1n) is 10.7. The minimum Gasteiger partial charge on any atom is -0.450 e. The highest BCUT2D eigenvalue weighted by atomic mass is 19.4. The molecule has 0 fully saturated rings. The van der Waals surface area contributed by atoms with E-state index in [2.05, 4.69) is 20.6 Å². The van der Waals surface area contributed by atoms with Gasteiger partial charge in [0.2, 0.25) is 5.95 Å². The Morgan fingerprint density at radius 3 is 2.81 bits per heavy atom. The van der Waals surface area contributed by atoms with Gasteiger partial charge in [-0.05, 0) is 18.2 Å². The monoisotopic (exact) mass is 512 g/mol. The molecule has 0 atom stereocenters. The van der Waals surface area contributed by atoms with E-state index in [1.54, 1.807) is 24.4 Å². The third-order valence-electron chi connectivity index (χ3n) is 5.30. The number of anilines is 2. The smallest absolute Gasteiger partial charge is 0.417 e. The van der Waals surface area contributed by atoms with Crippen LogP contribution in [-0.2, 0) is 19.8 Å². The molecular weight excluding hydrogens is 493 g/mol. The number of aryl methyl sites for hydroxylation is 1. The highest BCUT2D eigenvalue weighted by molar-refractivity contribution is 5.85. The van der Waals surface area contributed by atoms with E-state index in [1.807, 2.05) is 6.07 Å². The first-order valence-corrected chi connectivity index (χ1v) is 10.7. The van der Waals surface area contributed by atoms with Crippen LogP contribution < -0.4 is 20.9 Å². The SMILES string of the molecule is Cn1c(Nc2cc(C(F)(F)F)cn(CCO)c2=O)nc2ncc(O/C(C=N)=C3\C=CC=CN3)c(C#N)c21. The van der Waals surface area contributed by atoms with Crippen molar-refractivity contribution in [1.82, 2.24) is 24.4 Å². The molecule has 0 radical (unpaired) electrons. The van der Waals surface area contributed by atoms with Crippen LogP contribution in [0.15, 0.2) is 59.1 Å². The number of hydrogen-bond acceptors (Lipinski definition) is 9. The number of alkyl halides is 3. The molecule has 0 amide bonds. The highest BCUT2D eigenvalue weighted by Gasteiger charge is 2.32. The summed E-state index contributed by atoms with van der Waals surface area (Å²) >= 11 is 0. The van der Waals surface area contributed by atoms with Crippen molar-refractivity contribution in [3.8, 4) is 11.8 Å². The summed E-state index contributed by atoms with van der Waals surface area (Å²) in [5, 5.41) is 32.2. The molecule has 4 rings (SSSR count). The minimum atomic E-state index is -4.74. The summed E-state index contributed by atoms with van der Waals surface area (Å²) < 4.78 is 48.1. The standard InChI is InChI=1S/C23H19F3N8O3/c1-33-19-14(9-27)18(37-17(10-28)15-4-2-3-5-29-15)11-30-20(19)32-22(33)31-16-8-13(23(24,25)26)12-34(6-7-35)21(16)36/h2-5,8,10-12,28-29,35H,6-7H2,1H3,(H,30,31,32)/b17-15+,28-10?. The molecule has 37 heavy (non-hydrogen) atoms. The van der Waals surface area contributed by atoms with Crippen LogP contribution in [0, 0.1) is 16.7 Å². The second kappa shape index (κ2) is 9.99. The summed E-state index contributed by atoms with van der Waals surface area (Å²) in [5.74, 6) is 0.0626. The third kappa shape index (κ3) is 4.93. The maximum Gasteiger partial charge on any atom is 0.417 e. The van der Waals surface area contributed by atoms with Gasteiger partial charge in [-0.3, -0.25) is 4.79 Å². The number of nitrogens with zero attached hydrogens (tertiary/aromatic N) is 5. The van der Waals surface area contributed by atoms with Crippen molar-refractivity contribution >= 4 is 29.0 Å². The molecule has 3 aromatic heterocycles. The fraction of sp³-hybridized carbons (Fsp3) is 0.174. The number of aliphatic hydroxyl groups is 1. The van der Waals surface area contributed by atoms with Crippen LogP contribution in [0.25, 0.3) is 11.2 Å². The topological polar surface area (TPSA) is 154 Å². The lowest BCUT2D eigenvalue weighted by Gasteiger charge is -2.14. The van der Waals surface area contributed by atoms with Crippen LogP contribution in [0.1, 0.15) is 11.1 Å². The van der Waals surface area contributed by atoms with Crippen molar-refractivity contribution in [2.45, 2.75) is 12.7 Å². The predicted molar refractivity (Wildman–Crippen MR) is 127 cm³/mol. The lowest BCUT2D eigenvalue weighted by atomic mass is 10.2. The van der Waals surface area contributed by atoms with E-state index in [4.69, 9.17) is 15.3 Å². The number of allylic oxidation sites excluding steroid dienone is 4. The van der Waals surface area contributed by atoms with Gasteiger partial charge in [0.1, 0.15) is 22.8 Å². The minimum absolute atomic E-state index is 0.00469. The van der Waals surface area contributed by atoms with Crippen LogP contribution in [0.3, 0.4) is 0 Å². The van der Waals surface area contributed by atoms with Crippen molar-refractivity contribution in [2.24, 2.45) is 7.05 Å². The Morgan fingerprint density at radius 2 is 2.19 bits per heavy atom. The van der Waals surface area contributed by atoms with Crippen LogP contribution in [-0.4, -0.2) is 37.0 Å². The number of nitrogens with one attached hydrogen (secondary N) is 3. The Bertz CT molecular complexity index is 1580. The van der Waals surface area contributed by atoms with Crippen molar-refractivity contribution in [3.05, 3.63) is 75.8 Å². The molecule has 4 heterocycles. The Labute approximate surface area is 207 Å². The number of dihydropyridines is 1. The van der Waals surface area contributed by atoms with E-state index in [9.17, 15) is 23.2 Å². The van der Waals surface area contributed by atoms with Crippen molar-refractivity contribution in [2.75, 3.05) is 11.9 Å². The van der Waals surface area contributed by atoms with E-state index >= 15 is 0 Å². The second-order valence-corrected chi connectivity index (χ2v) is 7.65. The molecule has 0 aliphatic carbocycles. The summed E-state index contributed by atoms with van der Waals surface area (Å²) in [4.78, 5) is 21.1. The van der Waals surface area contributed by atoms with Crippen molar-refractivity contribution in [1.29, 1.82) is 10.7 Å². The number of imidazole rings is 1. The first-order chi connectivity index (χ1) is 17.7. The summed E-state index contributed by atoms with van der Waals surface area (Å²) in [6.45, 7) is -0.883. The molecule has 0 aromatic carbocycles. The van der Waals surface area contributed by atoms with Gasteiger partial charge in [0.25, 0.3) is 5.56 Å². The van der Waals surface area contributed by atoms with Gasteiger partial charge in [0.05, 0.1) is 30.3 Å². The van der Waals surface area contributed by atoms with Gasteiger partial charge in [-0.15, -0.1) is 0 Å². The molecule has 0 unspecified atom stereocenters. The maximum atomic E-state index is 13.4. The molecule has 11 nitrogen and oxygen atoms in total. The van der Waals surface area contributed by atoms with Crippen LogP contribution in [0.4, 0.5) is 24.8 Å². The van der Waals surface area contributed by atoms with E-state index in [1.165, 1.54) is 17.8 Å². The zero-order valence-corrected chi connectivity index (χ0v) is 19.2. The van der Waals surface area contributed by atoms with Crippen molar-refractivity contribution in [3.63, 3.8) is 0 Å². The normalized spacial score (nSPS) is 14.3. The van der Waals surface area contributed by atoms with Gasteiger partial charge in [-0.2, -0.15) is 23.4 Å².